The van der Waals surface area contributed by atoms with Crippen LogP contribution in [0, 0.1) is 12.8 Å². The number of carbonyl (C=O) groups is 1. The number of rotatable bonds is 6. The van der Waals surface area contributed by atoms with E-state index < -0.39 is 5.76 Å². The van der Waals surface area contributed by atoms with Crippen LogP contribution in [-0.2, 0) is 18.4 Å². The smallest absolute Gasteiger partial charge is 0.408 e. The molecular formula is C18H23N5O3. The van der Waals surface area contributed by atoms with Gasteiger partial charge in [-0.3, -0.25) is 14.0 Å². The molecule has 3 aromatic rings. The van der Waals surface area contributed by atoms with Crippen molar-refractivity contribution in [2.24, 2.45) is 13.0 Å². The highest BCUT2D eigenvalue weighted by Crippen LogP contribution is 2.19. The average Bonchev–Trinajstić information content (AvgIpc) is 3.13. The molecule has 1 amide bonds. The van der Waals surface area contributed by atoms with Gasteiger partial charge in [0, 0.05) is 20.0 Å². The fourth-order valence-electron chi connectivity index (χ4n) is 2.96. The largest absolute Gasteiger partial charge is 0.419 e. The maximum absolute atomic E-state index is 12.5. The van der Waals surface area contributed by atoms with E-state index in [-0.39, 0.29) is 30.8 Å². The first-order valence-electron chi connectivity index (χ1n) is 8.60. The molecule has 0 aliphatic rings. The van der Waals surface area contributed by atoms with Crippen LogP contribution >= 0.6 is 0 Å². The first-order valence-corrected chi connectivity index (χ1v) is 8.60. The highest BCUT2D eigenvalue weighted by atomic mass is 16.4. The van der Waals surface area contributed by atoms with Crippen LogP contribution in [0.3, 0.4) is 0 Å². The molecule has 0 radical (unpaired) electrons. The topological polar surface area (TPSA) is 94.9 Å². The summed E-state index contributed by atoms with van der Waals surface area (Å²) in [5, 5.41) is 7.06. The molecule has 0 fully saturated rings. The summed E-state index contributed by atoms with van der Waals surface area (Å²) in [6, 6.07) is 5.30. The number of aryl methyl sites for hydroxylation is 3. The first kappa shape index (κ1) is 17.9. The van der Waals surface area contributed by atoms with Gasteiger partial charge in [0.15, 0.2) is 5.58 Å². The molecule has 0 spiro atoms. The lowest BCUT2D eigenvalue weighted by molar-refractivity contribution is -0.122. The van der Waals surface area contributed by atoms with Crippen LogP contribution in [0.15, 0.2) is 33.7 Å². The molecular weight excluding hydrogens is 334 g/mol. The van der Waals surface area contributed by atoms with Crippen LogP contribution in [0.4, 0.5) is 0 Å². The van der Waals surface area contributed by atoms with Crippen molar-refractivity contribution in [1.29, 1.82) is 0 Å². The van der Waals surface area contributed by atoms with Gasteiger partial charge in [-0.05, 0) is 30.5 Å². The van der Waals surface area contributed by atoms with E-state index in [1.54, 1.807) is 17.8 Å². The van der Waals surface area contributed by atoms with Gasteiger partial charge in [0.1, 0.15) is 12.2 Å². The number of nitrogens with one attached hydrogen (secondary N) is 1. The zero-order valence-corrected chi connectivity index (χ0v) is 15.4. The molecule has 0 aliphatic heterocycles. The zero-order valence-electron chi connectivity index (χ0n) is 15.4. The summed E-state index contributed by atoms with van der Waals surface area (Å²) in [4.78, 5) is 28.8. The lowest BCUT2D eigenvalue weighted by Gasteiger charge is -2.21. The molecule has 0 aliphatic carbocycles. The van der Waals surface area contributed by atoms with Crippen LogP contribution in [0.25, 0.3) is 11.1 Å². The Bertz CT molecular complexity index is 982. The summed E-state index contributed by atoms with van der Waals surface area (Å²) >= 11 is 0. The van der Waals surface area contributed by atoms with Gasteiger partial charge < -0.3 is 9.73 Å². The molecule has 2 aromatic heterocycles. The molecule has 3 rings (SSSR count). The first-order chi connectivity index (χ1) is 12.4. The van der Waals surface area contributed by atoms with E-state index in [0.29, 0.717) is 16.9 Å². The van der Waals surface area contributed by atoms with Gasteiger partial charge in [-0.2, -0.15) is 5.10 Å². The van der Waals surface area contributed by atoms with Crippen LogP contribution in [-0.4, -0.2) is 25.2 Å². The summed E-state index contributed by atoms with van der Waals surface area (Å²) in [5.74, 6) is 0.254. The van der Waals surface area contributed by atoms with Gasteiger partial charge in [0.2, 0.25) is 5.91 Å². The fraction of sp³-hybridized carbons (Fsp3) is 0.444. The Morgan fingerprint density at radius 1 is 1.35 bits per heavy atom. The SMILES string of the molecule is Cc1ccc2oc(=O)n(CCC(=O)NC(c3ncnn3C)C(C)C)c2c1. The minimum Gasteiger partial charge on any atom is -0.408 e. The second-order valence-corrected chi connectivity index (χ2v) is 6.77. The number of benzene rings is 1. The minimum atomic E-state index is -0.452. The number of fused-ring (bicyclic) bond motifs is 1. The Morgan fingerprint density at radius 2 is 2.12 bits per heavy atom. The predicted molar refractivity (Wildman–Crippen MR) is 96.6 cm³/mol. The standard InChI is InChI=1S/C18H23N5O3/c1-11(2)16(17-19-10-20-22(17)4)21-15(24)7-8-23-13-9-12(3)5-6-14(13)26-18(23)25/h5-6,9-11,16H,7-8H2,1-4H3,(H,21,24). The van der Waals surface area contributed by atoms with Gasteiger partial charge in [0.05, 0.1) is 11.6 Å². The fourth-order valence-corrected chi connectivity index (χ4v) is 2.96. The van der Waals surface area contributed by atoms with Crippen molar-refractivity contribution in [3.05, 3.63) is 46.5 Å². The Balaban J connectivity index is 1.73. The normalized spacial score (nSPS) is 12.7. The second kappa shape index (κ2) is 7.15. The molecule has 0 saturated carbocycles. The van der Waals surface area contributed by atoms with E-state index in [4.69, 9.17) is 4.42 Å². The maximum atomic E-state index is 12.5. The second-order valence-electron chi connectivity index (χ2n) is 6.77. The quantitative estimate of drug-likeness (QED) is 0.727. The average molecular weight is 357 g/mol. The molecule has 1 N–H and O–H groups in total. The van der Waals surface area contributed by atoms with E-state index in [0.717, 1.165) is 5.56 Å². The number of amides is 1. The van der Waals surface area contributed by atoms with E-state index in [9.17, 15) is 9.59 Å². The van der Waals surface area contributed by atoms with E-state index in [2.05, 4.69) is 15.4 Å². The highest BCUT2D eigenvalue weighted by Gasteiger charge is 2.22. The third-order valence-electron chi connectivity index (χ3n) is 4.39. The molecule has 26 heavy (non-hydrogen) atoms. The molecule has 0 saturated heterocycles. The van der Waals surface area contributed by atoms with Crippen molar-refractivity contribution >= 4 is 17.0 Å². The monoisotopic (exact) mass is 357 g/mol. The number of oxazole rings is 1. The Labute approximate surface area is 150 Å². The summed E-state index contributed by atoms with van der Waals surface area (Å²) in [6.07, 6.45) is 1.64. The zero-order chi connectivity index (χ0) is 18.8. The minimum absolute atomic E-state index is 0.152. The van der Waals surface area contributed by atoms with Crippen LogP contribution in [0.2, 0.25) is 0 Å². The van der Waals surface area contributed by atoms with Gasteiger partial charge in [0.25, 0.3) is 0 Å². The number of nitrogens with zero attached hydrogens (tertiary/aromatic N) is 4. The molecule has 1 unspecified atom stereocenters. The van der Waals surface area contributed by atoms with Crippen molar-refractivity contribution in [3.63, 3.8) is 0 Å². The summed E-state index contributed by atoms with van der Waals surface area (Å²) in [6.45, 7) is 6.22. The molecule has 8 heteroatoms. The summed E-state index contributed by atoms with van der Waals surface area (Å²) < 4.78 is 8.38. The van der Waals surface area contributed by atoms with E-state index in [1.165, 1.54) is 10.9 Å². The summed E-state index contributed by atoms with van der Waals surface area (Å²) in [7, 11) is 1.80. The Hall–Kier alpha value is -2.90. The molecule has 1 atom stereocenters. The molecule has 138 valence electrons. The predicted octanol–water partition coefficient (Wildman–Crippen LogP) is 1.94. The third-order valence-corrected chi connectivity index (χ3v) is 4.39. The van der Waals surface area contributed by atoms with Gasteiger partial charge in [-0.25, -0.2) is 9.78 Å². The Kier molecular flexibility index (Phi) is 4.92. The van der Waals surface area contributed by atoms with Crippen LogP contribution in [0.1, 0.15) is 37.7 Å². The van der Waals surface area contributed by atoms with Crippen LogP contribution < -0.4 is 11.1 Å². The van der Waals surface area contributed by atoms with Crippen molar-refractivity contribution in [2.45, 2.75) is 39.8 Å². The van der Waals surface area contributed by atoms with Crippen molar-refractivity contribution in [1.82, 2.24) is 24.6 Å². The molecule has 1 aromatic carbocycles. The van der Waals surface area contributed by atoms with Gasteiger partial charge in [-0.1, -0.05) is 19.9 Å². The van der Waals surface area contributed by atoms with Crippen molar-refractivity contribution in [2.75, 3.05) is 0 Å². The summed E-state index contributed by atoms with van der Waals surface area (Å²) in [5.41, 5.74) is 2.26. The van der Waals surface area contributed by atoms with Crippen molar-refractivity contribution in [3.8, 4) is 0 Å². The number of hydrogen-bond acceptors (Lipinski definition) is 5. The maximum Gasteiger partial charge on any atom is 0.419 e. The lowest BCUT2D eigenvalue weighted by atomic mass is 10.0. The lowest BCUT2D eigenvalue weighted by Crippen LogP contribution is -2.34. The van der Waals surface area contributed by atoms with E-state index >= 15 is 0 Å². The third kappa shape index (κ3) is 3.54. The highest BCUT2D eigenvalue weighted by molar-refractivity contribution is 5.77. The Morgan fingerprint density at radius 3 is 2.77 bits per heavy atom. The molecule has 0 bridgehead atoms. The van der Waals surface area contributed by atoms with Crippen molar-refractivity contribution < 1.29 is 9.21 Å². The van der Waals surface area contributed by atoms with Gasteiger partial charge in [-0.15, -0.1) is 0 Å². The van der Waals surface area contributed by atoms with Gasteiger partial charge >= 0.3 is 5.76 Å². The number of hydrogen-bond donors (Lipinski definition) is 1. The number of carbonyl (C=O) groups excluding carboxylic acids is 1. The molecule has 2 heterocycles. The van der Waals surface area contributed by atoms with Crippen LogP contribution in [0.5, 0.6) is 0 Å². The molecule has 8 nitrogen and oxygen atoms in total. The van der Waals surface area contributed by atoms with E-state index in [1.807, 2.05) is 32.9 Å². The number of aromatic nitrogens is 4.